The molecule has 0 heterocycles. The first kappa shape index (κ1) is 19.2. The fourth-order valence-electron chi connectivity index (χ4n) is 3.78. The van der Waals surface area contributed by atoms with Gasteiger partial charge in [-0.05, 0) is 58.5 Å². The minimum Gasteiger partial charge on any atom is -0.465 e. The van der Waals surface area contributed by atoms with Crippen LogP contribution >= 0.6 is 0 Å². The predicted octanol–water partition coefficient (Wildman–Crippen LogP) is 5.97. The van der Waals surface area contributed by atoms with Crippen molar-refractivity contribution in [2.45, 2.75) is 45.4 Å². The SMILES string of the molecule is C=C(c1ccc(C(=O)OC)cc1)c1cc2c(cc1C)C(C)(C)C=CC2(C)C. The third-order valence-corrected chi connectivity index (χ3v) is 5.65. The first-order valence-corrected chi connectivity index (χ1v) is 9.31. The van der Waals surface area contributed by atoms with Gasteiger partial charge in [0.1, 0.15) is 0 Å². The highest BCUT2D eigenvalue weighted by molar-refractivity contribution is 5.90. The molecule has 0 atom stereocenters. The molecular formula is C25H28O2. The number of hydrogen-bond acceptors (Lipinski definition) is 2. The zero-order valence-electron chi connectivity index (χ0n) is 17.1. The van der Waals surface area contributed by atoms with Crippen molar-refractivity contribution in [2.75, 3.05) is 7.11 Å². The van der Waals surface area contributed by atoms with E-state index in [1.54, 1.807) is 12.1 Å². The van der Waals surface area contributed by atoms with Crippen LogP contribution in [-0.2, 0) is 15.6 Å². The molecule has 0 saturated heterocycles. The van der Waals surface area contributed by atoms with Crippen molar-refractivity contribution >= 4 is 11.5 Å². The molecule has 2 nitrogen and oxygen atoms in total. The van der Waals surface area contributed by atoms with E-state index in [4.69, 9.17) is 4.74 Å². The summed E-state index contributed by atoms with van der Waals surface area (Å²) in [4.78, 5) is 11.7. The van der Waals surface area contributed by atoms with Gasteiger partial charge in [-0.3, -0.25) is 0 Å². The average Bonchev–Trinajstić information content (AvgIpc) is 2.64. The van der Waals surface area contributed by atoms with Crippen molar-refractivity contribution in [1.29, 1.82) is 0 Å². The molecule has 2 aromatic carbocycles. The van der Waals surface area contributed by atoms with Gasteiger partial charge in [0.25, 0.3) is 0 Å². The Balaban J connectivity index is 2.06. The van der Waals surface area contributed by atoms with E-state index in [0.29, 0.717) is 5.56 Å². The van der Waals surface area contributed by atoms with Crippen molar-refractivity contribution < 1.29 is 9.53 Å². The van der Waals surface area contributed by atoms with Crippen LogP contribution in [0.2, 0.25) is 0 Å². The van der Waals surface area contributed by atoms with Crippen molar-refractivity contribution in [3.8, 4) is 0 Å². The van der Waals surface area contributed by atoms with Gasteiger partial charge < -0.3 is 4.74 Å². The molecule has 1 aliphatic carbocycles. The summed E-state index contributed by atoms with van der Waals surface area (Å²) in [5.41, 5.74) is 7.63. The predicted molar refractivity (Wildman–Crippen MR) is 112 cm³/mol. The lowest BCUT2D eigenvalue weighted by Gasteiger charge is -2.37. The van der Waals surface area contributed by atoms with Gasteiger partial charge >= 0.3 is 5.97 Å². The topological polar surface area (TPSA) is 26.3 Å². The first-order chi connectivity index (χ1) is 12.6. The van der Waals surface area contributed by atoms with Crippen molar-refractivity contribution in [3.05, 3.63) is 88.5 Å². The zero-order chi connectivity index (χ0) is 20.0. The van der Waals surface area contributed by atoms with E-state index in [0.717, 1.165) is 16.7 Å². The Morgan fingerprint density at radius 3 is 1.89 bits per heavy atom. The normalized spacial score (nSPS) is 16.5. The summed E-state index contributed by atoms with van der Waals surface area (Å²) in [6.07, 6.45) is 4.62. The summed E-state index contributed by atoms with van der Waals surface area (Å²) in [5.74, 6) is -0.326. The molecule has 3 rings (SSSR count). The van der Waals surface area contributed by atoms with E-state index in [9.17, 15) is 4.79 Å². The second-order valence-corrected chi connectivity index (χ2v) is 8.54. The number of fused-ring (bicyclic) bond motifs is 1. The van der Waals surface area contributed by atoms with E-state index in [2.05, 4.69) is 65.5 Å². The van der Waals surface area contributed by atoms with Crippen LogP contribution in [0.3, 0.4) is 0 Å². The van der Waals surface area contributed by atoms with Crippen LogP contribution in [0.4, 0.5) is 0 Å². The Labute approximate surface area is 162 Å². The molecule has 0 N–H and O–H groups in total. The second kappa shape index (κ2) is 6.53. The summed E-state index contributed by atoms with van der Waals surface area (Å²) in [6.45, 7) is 15.5. The van der Waals surface area contributed by atoms with E-state index < -0.39 is 0 Å². The number of allylic oxidation sites excluding steroid dienone is 2. The van der Waals surface area contributed by atoms with Crippen LogP contribution in [0, 0.1) is 6.92 Å². The Hall–Kier alpha value is -2.61. The first-order valence-electron chi connectivity index (χ1n) is 9.31. The van der Waals surface area contributed by atoms with Gasteiger partial charge in [0.2, 0.25) is 0 Å². The van der Waals surface area contributed by atoms with Gasteiger partial charge in [-0.1, -0.05) is 64.6 Å². The van der Waals surface area contributed by atoms with Gasteiger partial charge in [-0.2, -0.15) is 0 Å². The lowest BCUT2D eigenvalue weighted by Crippen LogP contribution is -2.29. The van der Waals surface area contributed by atoms with E-state index >= 15 is 0 Å². The molecule has 2 aromatic rings. The third kappa shape index (κ3) is 3.37. The maximum atomic E-state index is 11.7. The number of esters is 1. The average molecular weight is 360 g/mol. The minimum absolute atomic E-state index is 0.0116. The number of benzene rings is 2. The molecule has 0 radical (unpaired) electrons. The largest absolute Gasteiger partial charge is 0.465 e. The molecule has 0 unspecified atom stereocenters. The van der Waals surface area contributed by atoms with Crippen molar-refractivity contribution in [1.82, 2.24) is 0 Å². The van der Waals surface area contributed by atoms with Gasteiger partial charge in [0, 0.05) is 10.8 Å². The molecule has 0 saturated carbocycles. The molecular weight excluding hydrogens is 332 g/mol. The highest BCUT2D eigenvalue weighted by Gasteiger charge is 2.33. The smallest absolute Gasteiger partial charge is 0.337 e. The quantitative estimate of drug-likeness (QED) is 0.498. The maximum Gasteiger partial charge on any atom is 0.337 e. The lowest BCUT2D eigenvalue weighted by atomic mass is 9.67. The summed E-state index contributed by atoms with van der Waals surface area (Å²) in [5, 5.41) is 0. The van der Waals surface area contributed by atoms with Crippen LogP contribution in [-0.4, -0.2) is 13.1 Å². The molecule has 0 aromatic heterocycles. The Morgan fingerprint density at radius 1 is 0.889 bits per heavy atom. The van der Waals surface area contributed by atoms with Crippen LogP contribution in [0.25, 0.3) is 5.57 Å². The molecule has 27 heavy (non-hydrogen) atoms. The summed E-state index contributed by atoms with van der Waals surface area (Å²) in [7, 11) is 1.39. The molecule has 0 aliphatic heterocycles. The van der Waals surface area contributed by atoms with Crippen LogP contribution in [0.15, 0.2) is 55.1 Å². The van der Waals surface area contributed by atoms with Crippen LogP contribution < -0.4 is 0 Å². The summed E-state index contributed by atoms with van der Waals surface area (Å²) >= 11 is 0. The van der Waals surface area contributed by atoms with Crippen molar-refractivity contribution in [3.63, 3.8) is 0 Å². The molecule has 140 valence electrons. The molecule has 2 heteroatoms. The number of carbonyl (C=O) groups is 1. The van der Waals surface area contributed by atoms with Crippen LogP contribution in [0.1, 0.15) is 65.9 Å². The number of carbonyl (C=O) groups excluding carboxylic acids is 1. The third-order valence-electron chi connectivity index (χ3n) is 5.65. The molecule has 1 aliphatic rings. The Bertz CT molecular complexity index is 941. The summed E-state index contributed by atoms with van der Waals surface area (Å²) < 4.78 is 4.78. The van der Waals surface area contributed by atoms with Gasteiger partial charge in [0.15, 0.2) is 0 Å². The van der Waals surface area contributed by atoms with Gasteiger partial charge in [0.05, 0.1) is 12.7 Å². The van der Waals surface area contributed by atoms with E-state index in [1.165, 1.54) is 23.8 Å². The highest BCUT2D eigenvalue weighted by atomic mass is 16.5. The zero-order valence-corrected chi connectivity index (χ0v) is 17.1. The standard InChI is InChI=1S/C25H28O2/c1-16-14-21-22(25(5,6)13-12-24(21,3)4)15-20(16)17(2)18-8-10-19(11-9-18)23(26)27-7/h8-15H,2H2,1,3-7H3. The van der Waals surface area contributed by atoms with Crippen molar-refractivity contribution in [2.24, 2.45) is 0 Å². The number of aryl methyl sites for hydroxylation is 1. The molecule has 0 bridgehead atoms. The summed E-state index contributed by atoms with van der Waals surface area (Å²) in [6, 6.07) is 12.0. The number of ether oxygens (including phenoxy) is 1. The Kier molecular flexibility index (Phi) is 4.63. The number of rotatable bonds is 3. The lowest BCUT2D eigenvalue weighted by molar-refractivity contribution is 0.0600. The van der Waals surface area contributed by atoms with Crippen LogP contribution in [0.5, 0.6) is 0 Å². The highest BCUT2D eigenvalue weighted by Crippen LogP contribution is 2.43. The maximum absolute atomic E-state index is 11.7. The fourth-order valence-corrected chi connectivity index (χ4v) is 3.78. The minimum atomic E-state index is -0.326. The second-order valence-electron chi connectivity index (χ2n) is 8.54. The number of hydrogen-bond donors (Lipinski definition) is 0. The van der Waals surface area contributed by atoms with Gasteiger partial charge in [-0.25, -0.2) is 4.79 Å². The Morgan fingerprint density at radius 2 is 1.37 bits per heavy atom. The fraction of sp³-hybridized carbons (Fsp3) is 0.320. The molecule has 0 amide bonds. The molecule has 0 spiro atoms. The monoisotopic (exact) mass is 360 g/mol. The van der Waals surface area contributed by atoms with E-state index in [1.807, 2.05) is 12.1 Å². The van der Waals surface area contributed by atoms with Gasteiger partial charge in [-0.15, -0.1) is 0 Å². The number of methoxy groups -OCH3 is 1. The molecule has 0 fully saturated rings. The van der Waals surface area contributed by atoms with E-state index in [-0.39, 0.29) is 16.8 Å².